The van der Waals surface area contributed by atoms with Crippen LogP contribution in [0.1, 0.15) is 58.8 Å². The average molecular weight is 330 g/mol. The Bertz CT molecular complexity index is 607. The third-order valence-electron chi connectivity index (χ3n) is 4.36. The van der Waals surface area contributed by atoms with Gasteiger partial charge in [-0.2, -0.15) is 0 Å². The van der Waals surface area contributed by atoms with Crippen LogP contribution >= 0.6 is 0 Å². The van der Waals surface area contributed by atoms with Gasteiger partial charge in [0.25, 0.3) is 0 Å². The number of hydrogen-bond acceptors (Lipinski definition) is 4. The lowest BCUT2D eigenvalue weighted by Crippen LogP contribution is -2.26. The van der Waals surface area contributed by atoms with Gasteiger partial charge in [-0.25, -0.2) is 4.79 Å². The molecule has 4 heteroatoms. The van der Waals surface area contributed by atoms with Crippen molar-refractivity contribution in [3.63, 3.8) is 0 Å². The Labute approximate surface area is 143 Å². The molecule has 0 aromatic heterocycles. The van der Waals surface area contributed by atoms with Gasteiger partial charge in [-0.05, 0) is 39.5 Å². The van der Waals surface area contributed by atoms with Crippen molar-refractivity contribution in [1.82, 2.24) is 0 Å². The van der Waals surface area contributed by atoms with E-state index in [4.69, 9.17) is 9.47 Å². The topological polar surface area (TPSA) is 52.6 Å². The number of hydrogen-bond donors (Lipinski definition) is 0. The van der Waals surface area contributed by atoms with E-state index in [-0.39, 0.29) is 35.4 Å². The highest BCUT2D eigenvalue weighted by Gasteiger charge is 2.40. The maximum atomic E-state index is 12.0. The minimum atomic E-state index is -0.625. The monoisotopic (exact) mass is 330 g/mol. The molecule has 0 N–H and O–H groups in total. The molecule has 0 fully saturated rings. The van der Waals surface area contributed by atoms with Crippen molar-refractivity contribution in [3.05, 3.63) is 47.5 Å². The molecule has 1 atom stereocenters. The van der Waals surface area contributed by atoms with E-state index in [0.29, 0.717) is 0 Å². The summed E-state index contributed by atoms with van der Waals surface area (Å²) in [5, 5.41) is 0. The van der Waals surface area contributed by atoms with Crippen LogP contribution in [0.15, 0.2) is 47.5 Å². The number of allylic oxidation sites excluding steroid dienone is 4. The SMILES string of the molecule is C=C1OC(=O)C2=C1OC(CCCCCC/C=C/C(C)=C/C)CC2=O. The largest absolute Gasteiger partial charge is 0.485 e. The van der Waals surface area contributed by atoms with Crippen molar-refractivity contribution in [2.75, 3.05) is 0 Å². The van der Waals surface area contributed by atoms with Crippen LogP contribution < -0.4 is 0 Å². The summed E-state index contributed by atoms with van der Waals surface area (Å²) in [5.74, 6) is -0.393. The van der Waals surface area contributed by atoms with Crippen LogP contribution in [0.5, 0.6) is 0 Å². The van der Waals surface area contributed by atoms with Gasteiger partial charge in [0.05, 0.1) is 0 Å². The van der Waals surface area contributed by atoms with E-state index in [2.05, 4.69) is 31.7 Å². The van der Waals surface area contributed by atoms with Gasteiger partial charge in [-0.1, -0.05) is 43.2 Å². The molecule has 1 unspecified atom stereocenters. The smallest absolute Gasteiger partial charge is 0.351 e. The fourth-order valence-corrected chi connectivity index (χ4v) is 2.84. The van der Waals surface area contributed by atoms with Crippen LogP contribution in [0.25, 0.3) is 0 Å². The van der Waals surface area contributed by atoms with E-state index in [1.807, 2.05) is 6.92 Å². The quantitative estimate of drug-likeness (QED) is 0.284. The summed E-state index contributed by atoms with van der Waals surface area (Å²) in [4.78, 5) is 23.6. The molecule has 2 aliphatic heterocycles. The second kappa shape index (κ2) is 8.67. The number of ether oxygens (including phenoxy) is 2. The molecule has 4 nitrogen and oxygen atoms in total. The van der Waals surface area contributed by atoms with Gasteiger partial charge in [-0.3, -0.25) is 4.79 Å². The highest BCUT2D eigenvalue weighted by molar-refractivity contribution is 6.20. The Morgan fingerprint density at radius 1 is 1.25 bits per heavy atom. The van der Waals surface area contributed by atoms with Crippen LogP contribution in [0, 0.1) is 0 Å². The number of unbranched alkanes of at least 4 members (excludes halogenated alkanes) is 4. The molecule has 0 saturated heterocycles. The number of cyclic esters (lactones) is 1. The van der Waals surface area contributed by atoms with E-state index in [1.165, 1.54) is 18.4 Å². The number of esters is 1. The summed E-state index contributed by atoms with van der Waals surface area (Å²) < 4.78 is 10.6. The Kier molecular flexibility index (Phi) is 6.59. The molecule has 130 valence electrons. The zero-order valence-electron chi connectivity index (χ0n) is 14.6. The Morgan fingerprint density at radius 3 is 2.75 bits per heavy atom. The molecular formula is C20H26O4. The molecule has 2 aliphatic rings. The zero-order valence-corrected chi connectivity index (χ0v) is 14.6. The van der Waals surface area contributed by atoms with Gasteiger partial charge in [0.15, 0.2) is 17.3 Å². The van der Waals surface area contributed by atoms with Crippen LogP contribution in [0.4, 0.5) is 0 Å². The molecule has 0 saturated carbocycles. The lowest BCUT2D eigenvalue weighted by Gasteiger charge is -2.22. The van der Waals surface area contributed by atoms with E-state index in [0.717, 1.165) is 25.7 Å². The second-order valence-electron chi connectivity index (χ2n) is 6.31. The summed E-state index contributed by atoms with van der Waals surface area (Å²) >= 11 is 0. The first kappa shape index (κ1) is 18.2. The Hall–Kier alpha value is -2.10. The lowest BCUT2D eigenvalue weighted by atomic mass is 9.97. The minimum Gasteiger partial charge on any atom is -0.485 e. The van der Waals surface area contributed by atoms with E-state index in [1.54, 1.807) is 0 Å². The summed E-state index contributed by atoms with van der Waals surface area (Å²) in [7, 11) is 0. The molecular weight excluding hydrogens is 304 g/mol. The number of carbonyl (C=O) groups excluding carboxylic acids is 2. The Balaban J connectivity index is 1.65. The van der Waals surface area contributed by atoms with Crippen LogP contribution in [-0.2, 0) is 19.1 Å². The van der Waals surface area contributed by atoms with Gasteiger partial charge < -0.3 is 9.47 Å². The maximum Gasteiger partial charge on any atom is 0.351 e. The second-order valence-corrected chi connectivity index (χ2v) is 6.31. The first-order chi connectivity index (χ1) is 11.5. The fraction of sp³-hybridized carbons (Fsp3) is 0.500. The molecule has 0 radical (unpaired) electrons. The molecule has 0 bridgehead atoms. The van der Waals surface area contributed by atoms with Crippen LogP contribution in [0.3, 0.4) is 0 Å². The summed E-state index contributed by atoms with van der Waals surface area (Å²) in [6.07, 6.45) is 12.9. The van der Waals surface area contributed by atoms with Gasteiger partial charge in [-0.15, -0.1) is 0 Å². The van der Waals surface area contributed by atoms with Crippen molar-refractivity contribution in [2.45, 2.75) is 64.9 Å². The van der Waals surface area contributed by atoms with Crippen LogP contribution in [-0.4, -0.2) is 17.9 Å². The normalized spacial score (nSPS) is 21.3. The zero-order chi connectivity index (χ0) is 17.5. The summed E-state index contributed by atoms with van der Waals surface area (Å²) in [6.45, 7) is 7.76. The Morgan fingerprint density at radius 2 is 2.00 bits per heavy atom. The predicted octanol–water partition coefficient (Wildman–Crippen LogP) is 4.53. The fourth-order valence-electron chi connectivity index (χ4n) is 2.84. The highest BCUT2D eigenvalue weighted by Crippen LogP contribution is 2.34. The molecule has 0 amide bonds. The van der Waals surface area contributed by atoms with Crippen molar-refractivity contribution in [3.8, 4) is 0 Å². The van der Waals surface area contributed by atoms with E-state index < -0.39 is 5.97 Å². The summed E-state index contributed by atoms with van der Waals surface area (Å²) in [5.41, 5.74) is 1.33. The minimum absolute atomic E-state index is 0.0412. The molecule has 0 spiro atoms. The number of Topliss-reactive ketones (excluding diaryl/α,β-unsaturated/α-hetero) is 1. The average Bonchev–Trinajstić information content (AvgIpc) is 2.84. The predicted molar refractivity (Wildman–Crippen MR) is 93.0 cm³/mol. The maximum absolute atomic E-state index is 12.0. The number of carbonyl (C=O) groups is 2. The number of rotatable bonds is 8. The van der Waals surface area contributed by atoms with Gasteiger partial charge in [0, 0.05) is 6.42 Å². The lowest BCUT2D eigenvalue weighted by molar-refractivity contribution is -0.135. The molecule has 0 aromatic carbocycles. The third kappa shape index (κ3) is 4.70. The van der Waals surface area contributed by atoms with Gasteiger partial charge in [0.2, 0.25) is 0 Å². The first-order valence-corrected chi connectivity index (χ1v) is 8.68. The molecule has 24 heavy (non-hydrogen) atoms. The standard InChI is InChI=1S/C20H26O4/c1-4-14(2)11-9-7-5-6-8-10-12-16-13-17(21)18-19(24-16)15(3)23-20(18)22/h4,9,11,16H,3,5-8,10,12-13H2,1-2H3/b11-9+,14-4+. The highest BCUT2D eigenvalue weighted by atomic mass is 16.6. The van der Waals surface area contributed by atoms with Gasteiger partial charge in [0.1, 0.15) is 11.7 Å². The molecule has 2 heterocycles. The van der Waals surface area contributed by atoms with Crippen molar-refractivity contribution in [2.24, 2.45) is 0 Å². The third-order valence-corrected chi connectivity index (χ3v) is 4.36. The van der Waals surface area contributed by atoms with Crippen molar-refractivity contribution < 1.29 is 19.1 Å². The molecule has 2 rings (SSSR count). The van der Waals surface area contributed by atoms with E-state index >= 15 is 0 Å². The molecule has 0 aliphatic carbocycles. The van der Waals surface area contributed by atoms with E-state index in [9.17, 15) is 9.59 Å². The number of ketones is 1. The molecule has 0 aromatic rings. The summed E-state index contributed by atoms with van der Waals surface area (Å²) in [6, 6.07) is 0. The van der Waals surface area contributed by atoms with Crippen molar-refractivity contribution >= 4 is 11.8 Å². The van der Waals surface area contributed by atoms with Crippen molar-refractivity contribution in [1.29, 1.82) is 0 Å². The van der Waals surface area contributed by atoms with Crippen LogP contribution in [0.2, 0.25) is 0 Å². The first-order valence-electron chi connectivity index (χ1n) is 8.68. The van der Waals surface area contributed by atoms with Gasteiger partial charge >= 0.3 is 5.97 Å².